The number of halogens is 1. The van der Waals surface area contributed by atoms with Gasteiger partial charge in [0.25, 0.3) is 0 Å². The number of rotatable bonds is 7. The number of ether oxygens (including phenoxy) is 2. The Bertz CT molecular complexity index is 570. The number of nitrogens with zero attached hydrogens (tertiary/aromatic N) is 4. The maximum atomic E-state index is 12.5. The lowest BCUT2D eigenvalue weighted by Crippen LogP contribution is -2.48. The van der Waals surface area contributed by atoms with E-state index in [1.807, 2.05) is 32.6 Å². The molecule has 0 radical (unpaired) electrons. The zero-order chi connectivity index (χ0) is 22.9. The van der Waals surface area contributed by atoms with Crippen molar-refractivity contribution in [3.63, 3.8) is 0 Å². The SMILES string of the molecule is CCNC(=NCC(C)N1CCOCC1)N1CCC(CN(CC)C(=O)OC(C)(C)C)CC1.I. The van der Waals surface area contributed by atoms with Crippen molar-refractivity contribution in [3.05, 3.63) is 0 Å². The van der Waals surface area contributed by atoms with E-state index in [9.17, 15) is 4.79 Å². The smallest absolute Gasteiger partial charge is 0.410 e. The average Bonchev–Trinajstić information content (AvgIpc) is 2.74. The summed E-state index contributed by atoms with van der Waals surface area (Å²) in [4.78, 5) is 24.1. The second-order valence-electron chi connectivity index (χ2n) is 9.64. The van der Waals surface area contributed by atoms with Crippen molar-refractivity contribution < 1.29 is 14.3 Å². The molecule has 0 aromatic rings. The lowest BCUT2D eigenvalue weighted by atomic mass is 9.96. The van der Waals surface area contributed by atoms with Gasteiger partial charge in [-0.15, -0.1) is 24.0 Å². The van der Waals surface area contributed by atoms with Crippen LogP contribution < -0.4 is 5.32 Å². The van der Waals surface area contributed by atoms with Gasteiger partial charge in [0, 0.05) is 51.9 Å². The molecule has 9 heteroatoms. The van der Waals surface area contributed by atoms with E-state index < -0.39 is 5.60 Å². The van der Waals surface area contributed by atoms with Gasteiger partial charge in [0.1, 0.15) is 5.60 Å². The first-order chi connectivity index (χ1) is 14.7. The zero-order valence-corrected chi connectivity index (χ0v) is 23.4. The van der Waals surface area contributed by atoms with Crippen LogP contribution in [0.15, 0.2) is 4.99 Å². The van der Waals surface area contributed by atoms with Crippen molar-refractivity contribution in [3.8, 4) is 0 Å². The van der Waals surface area contributed by atoms with Gasteiger partial charge in [-0.1, -0.05) is 0 Å². The number of morpholine rings is 1. The molecular formula is C23H46IN5O3. The Kier molecular flexibility index (Phi) is 13.2. The molecule has 188 valence electrons. The number of carbonyl (C=O) groups excluding carboxylic acids is 1. The number of carbonyl (C=O) groups is 1. The number of piperidine rings is 1. The van der Waals surface area contributed by atoms with Crippen LogP contribution in [-0.4, -0.2) is 104 Å². The largest absolute Gasteiger partial charge is 0.444 e. The van der Waals surface area contributed by atoms with Gasteiger partial charge in [-0.25, -0.2) is 4.79 Å². The Morgan fingerprint density at radius 3 is 2.34 bits per heavy atom. The molecule has 0 spiro atoms. The Balaban J connectivity index is 0.00000512. The van der Waals surface area contributed by atoms with E-state index in [0.29, 0.717) is 18.5 Å². The second-order valence-corrected chi connectivity index (χ2v) is 9.64. The van der Waals surface area contributed by atoms with Crippen LogP contribution in [0.25, 0.3) is 0 Å². The lowest BCUT2D eigenvalue weighted by molar-refractivity contribution is 0.0211. The van der Waals surface area contributed by atoms with E-state index in [-0.39, 0.29) is 30.1 Å². The minimum absolute atomic E-state index is 0. The Morgan fingerprint density at radius 2 is 1.81 bits per heavy atom. The van der Waals surface area contributed by atoms with Crippen molar-refractivity contribution in [2.75, 3.05) is 65.6 Å². The van der Waals surface area contributed by atoms with Gasteiger partial charge in [0.05, 0.1) is 19.8 Å². The molecule has 32 heavy (non-hydrogen) atoms. The molecule has 1 unspecified atom stereocenters. The molecule has 2 heterocycles. The molecule has 1 N–H and O–H groups in total. The first-order valence-corrected chi connectivity index (χ1v) is 12.1. The summed E-state index contributed by atoms with van der Waals surface area (Å²) in [6.07, 6.45) is 1.91. The Labute approximate surface area is 212 Å². The minimum atomic E-state index is -0.455. The fraction of sp³-hybridized carbons (Fsp3) is 0.913. The topological polar surface area (TPSA) is 69.6 Å². The molecule has 2 rings (SSSR count). The van der Waals surface area contributed by atoms with Crippen molar-refractivity contribution in [1.82, 2.24) is 20.0 Å². The molecule has 1 atom stereocenters. The third kappa shape index (κ3) is 9.99. The van der Waals surface area contributed by atoms with E-state index in [1.165, 1.54) is 0 Å². The van der Waals surface area contributed by atoms with Gasteiger partial charge < -0.3 is 24.6 Å². The van der Waals surface area contributed by atoms with Crippen LogP contribution in [0, 0.1) is 5.92 Å². The molecule has 2 aliphatic rings. The fourth-order valence-electron chi connectivity index (χ4n) is 4.08. The van der Waals surface area contributed by atoms with Crippen LogP contribution in [0.5, 0.6) is 0 Å². The fourth-order valence-corrected chi connectivity index (χ4v) is 4.08. The summed E-state index contributed by atoms with van der Waals surface area (Å²) in [6.45, 7) is 20.8. The van der Waals surface area contributed by atoms with Crippen molar-refractivity contribution in [2.45, 2.75) is 66.0 Å². The van der Waals surface area contributed by atoms with Gasteiger partial charge in [-0.2, -0.15) is 0 Å². The van der Waals surface area contributed by atoms with Crippen LogP contribution in [0.4, 0.5) is 4.79 Å². The maximum Gasteiger partial charge on any atom is 0.410 e. The predicted octanol–water partition coefficient (Wildman–Crippen LogP) is 3.26. The van der Waals surface area contributed by atoms with Gasteiger partial charge in [-0.3, -0.25) is 9.89 Å². The molecule has 0 bridgehead atoms. The molecule has 8 nitrogen and oxygen atoms in total. The number of guanidine groups is 1. The summed E-state index contributed by atoms with van der Waals surface area (Å²) in [5.41, 5.74) is -0.455. The highest BCUT2D eigenvalue weighted by molar-refractivity contribution is 14.0. The predicted molar refractivity (Wildman–Crippen MR) is 141 cm³/mol. The van der Waals surface area contributed by atoms with E-state index in [0.717, 1.165) is 77.8 Å². The number of hydrogen-bond acceptors (Lipinski definition) is 5. The standard InChI is InChI=1S/C23H45N5O3.HI/c1-7-24-21(25-17-19(3)27-13-15-30-16-14-27)28-11-9-20(10-12-28)18-26(8-2)22(29)31-23(4,5)6;/h19-20H,7-18H2,1-6H3,(H,24,25);1H. The van der Waals surface area contributed by atoms with Crippen LogP contribution in [0.1, 0.15) is 54.4 Å². The summed E-state index contributed by atoms with van der Waals surface area (Å²) in [6, 6.07) is 0.419. The van der Waals surface area contributed by atoms with Crippen LogP contribution in [0.2, 0.25) is 0 Å². The Hall–Kier alpha value is -0.810. The van der Waals surface area contributed by atoms with Crippen LogP contribution in [0.3, 0.4) is 0 Å². The first kappa shape index (κ1) is 29.2. The van der Waals surface area contributed by atoms with Gasteiger partial charge in [0.15, 0.2) is 5.96 Å². The number of likely N-dealkylation sites (tertiary alicyclic amines) is 1. The lowest BCUT2D eigenvalue weighted by Gasteiger charge is -2.37. The van der Waals surface area contributed by atoms with E-state index in [4.69, 9.17) is 14.5 Å². The molecule has 1 amide bonds. The van der Waals surface area contributed by atoms with E-state index in [2.05, 4.69) is 29.0 Å². The highest BCUT2D eigenvalue weighted by atomic mass is 127. The summed E-state index contributed by atoms with van der Waals surface area (Å²) in [7, 11) is 0. The highest BCUT2D eigenvalue weighted by Crippen LogP contribution is 2.20. The zero-order valence-electron chi connectivity index (χ0n) is 21.1. The number of nitrogens with one attached hydrogen (secondary N) is 1. The van der Waals surface area contributed by atoms with E-state index >= 15 is 0 Å². The van der Waals surface area contributed by atoms with Gasteiger partial charge in [-0.05, 0) is 60.3 Å². The summed E-state index contributed by atoms with van der Waals surface area (Å²) in [5.74, 6) is 1.51. The third-order valence-electron chi connectivity index (χ3n) is 5.94. The molecule has 0 aromatic carbocycles. The maximum absolute atomic E-state index is 12.5. The number of hydrogen-bond donors (Lipinski definition) is 1. The average molecular weight is 568 g/mol. The van der Waals surface area contributed by atoms with E-state index in [1.54, 1.807) is 0 Å². The highest BCUT2D eigenvalue weighted by Gasteiger charge is 2.27. The third-order valence-corrected chi connectivity index (χ3v) is 5.94. The van der Waals surface area contributed by atoms with Crippen molar-refractivity contribution >= 4 is 36.0 Å². The molecule has 2 saturated heterocycles. The molecule has 2 fully saturated rings. The molecule has 2 aliphatic heterocycles. The van der Waals surface area contributed by atoms with Gasteiger partial charge >= 0.3 is 6.09 Å². The molecule has 0 aromatic heterocycles. The molecule has 0 saturated carbocycles. The van der Waals surface area contributed by atoms with Crippen LogP contribution >= 0.6 is 24.0 Å². The normalized spacial score (nSPS) is 19.8. The summed E-state index contributed by atoms with van der Waals surface area (Å²) < 4.78 is 11.0. The van der Waals surface area contributed by atoms with Crippen molar-refractivity contribution in [1.29, 1.82) is 0 Å². The monoisotopic (exact) mass is 567 g/mol. The first-order valence-electron chi connectivity index (χ1n) is 12.1. The minimum Gasteiger partial charge on any atom is -0.444 e. The summed E-state index contributed by atoms with van der Waals surface area (Å²) >= 11 is 0. The van der Waals surface area contributed by atoms with Gasteiger partial charge in [0.2, 0.25) is 0 Å². The summed E-state index contributed by atoms with van der Waals surface area (Å²) in [5, 5.41) is 3.47. The number of aliphatic imine (C=N–C) groups is 1. The quantitative estimate of drug-likeness (QED) is 0.290. The Morgan fingerprint density at radius 1 is 1.19 bits per heavy atom. The van der Waals surface area contributed by atoms with Crippen LogP contribution in [-0.2, 0) is 9.47 Å². The molecular weight excluding hydrogens is 521 g/mol. The molecule has 0 aliphatic carbocycles. The number of amides is 1. The second kappa shape index (κ2) is 14.5. The van der Waals surface area contributed by atoms with Crippen molar-refractivity contribution in [2.24, 2.45) is 10.9 Å².